The molecular weight excluding hydrogens is 360 g/mol. The molecule has 0 radical (unpaired) electrons. The van der Waals surface area contributed by atoms with Gasteiger partial charge in [-0.15, -0.1) is 0 Å². The molecule has 1 aliphatic heterocycles. The fourth-order valence-corrected chi connectivity index (χ4v) is 2.75. The topological polar surface area (TPSA) is 59.9 Å². The molecule has 2 rings (SSSR count). The summed E-state index contributed by atoms with van der Waals surface area (Å²) in [5.74, 6) is 1.35. The first-order valence-corrected chi connectivity index (χ1v) is 8.91. The van der Waals surface area contributed by atoms with Crippen LogP contribution in [-0.2, 0) is 4.79 Å². The Morgan fingerprint density at radius 3 is 2.70 bits per heavy atom. The first-order valence-electron chi connectivity index (χ1n) is 8.11. The minimum absolute atomic E-state index is 0.0476. The van der Waals surface area contributed by atoms with Crippen LogP contribution in [0.5, 0.6) is 11.5 Å². The molecule has 1 aromatic rings. The van der Waals surface area contributed by atoms with Gasteiger partial charge in [-0.1, -0.05) is 39.0 Å². The number of hydrogen-bond donors (Lipinski definition) is 1. The van der Waals surface area contributed by atoms with Gasteiger partial charge in [0.2, 0.25) is 12.7 Å². The van der Waals surface area contributed by atoms with E-state index in [1.165, 1.54) is 25.7 Å². The Balaban J connectivity index is 1.71. The summed E-state index contributed by atoms with van der Waals surface area (Å²) >= 11 is 3.45. The molecule has 0 aliphatic carbocycles. The van der Waals surface area contributed by atoms with Gasteiger partial charge in [-0.05, 0) is 34.5 Å². The lowest BCUT2D eigenvalue weighted by Gasteiger charge is -2.02. The number of amides is 1. The van der Waals surface area contributed by atoms with E-state index in [1.54, 1.807) is 6.21 Å². The highest BCUT2D eigenvalue weighted by atomic mass is 79.9. The molecule has 23 heavy (non-hydrogen) atoms. The van der Waals surface area contributed by atoms with Gasteiger partial charge in [-0.25, -0.2) is 5.43 Å². The predicted octanol–water partition coefficient (Wildman–Crippen LogP) is 4.38. The number of hydrazone groups is 1. The number of hydrogen-bond acceptors (Lipinski definition) is 4. The lowest BCUT2D eigenvalue weighted by molar-refractivity contribution is -0.121. The van der Waals surface area contributed by atoms with Crippen LogP contribution in [0, 0.1) is 0 Å². The zero-order valence-corrected chi connectivity index (χ0v) is 15.0. The second-order valence-electron chi connectivity index (χ2n) is 5.54. The van der Waals surface area contributed by atoms with Gasteiger partial charge in [0, 0.05) is 16.5 Å². The van der Waals surface area contributed by atoms with Gasteiger partial charge in [-0.2, -0.15) is 5.10 Å². The van der Waals surface area contributed by atoms with Gasteiger partial charge >= 0.3 is 0 Å². The van der Waals surface area contributed by atoms with Gasteiger partial charge < -0.3 is 9.47 Å². The molecule has 0 spiro atoms. The maximum absolute atomic E-state index is 11.7. The first kappa shape index (κ1) is 17.8. The maximum atomic E-state index is 11.7. The van der Waals surface area contributed by atoms with Crippen LogP contribution in [0.4, 0.5) is 0 Å². The van der Waals surface area contributed by atoms with Crippen molar-refractivity contribution in [1.82, 2.24) is 5.43 Å². The fraction of sp³-hybridized carbons (Fsp3) is 0.529. The number of nitrogens with zero attached hydrogens (tertiary/aromatic N) is 1. The number of halogens is 1. The zero-order chi connectivity index (χ0) is 16.5. The first-order chi connectivity index (χ1) is 11.2. The molecule has 5 nitrogen and oxygen atoms in total. The van der Waals surface area contributed by atoms with Crippen molar-refractivity contribution in [3.05, 3.63) is 22.2 Å². The Hall–Kier alpha value is -1.56. The molecule has 0 saturated carbocycles. The lowest BCUT2D eigenvalue weighted by Crippen LogP contribution is -2.16. The fourth-order valence-electron chi connectivity index (χ4n) is 2.33. The summed E-state index contributed by atoms with van der Waals surface area (Å²) in [5.41, 5.74) is 3.39. The Morgan fingerprint density at radius 1 is 1.22 bits per heavy atom. The highest BCUT2D eigenvalue weighted by Crippen LogP contribution is 2.36. The molecule has 0 fully saturated rings. The molecule has 0 unspecified atom stereocenters. The van der Waals surface area contributed by atoms with Gasteiger partial charge in [0.25, 0.3) is 0 Å². The average Bonchev–Trinajstić information content (AvgIpc) is 2.98. The summed E-state index contributed by atoms with van der Waals surface area (Å²) in [5, 5.41) is 4.01. The van der Waals surface area contributed by atoms with Crippen molar-refractivity contribution < 1.29 is 14.3 Å². The third-order valence-electron chi connectivity index (χ3n) is 3.64. The average molecular weight is 383 g/mol. The van der Waals surface area contributed by atoms with Gasteiger partial charge in [0.05, 0.1) is 6.21 Å². The van der Waals surface area contributed by atoms with Crippen LogP contribution in [0.2, 0.25) is 0 Å². The number of ether oxygens (including phenoxy) is 2. The SMILES string of the molecule is CCCCCCCCC(=O)N/N=C/c1cc2c(cc1Br)OCO2. The van der Waals surface area contributed by atoms with E-state index in [-0.39, 0.29) is 12.7 Å². The Bertz CT molecular complexity index is 561. The summed E-state index contributed by atoms with van der Waals surface area (Å²) in [6, 6.07) is 3.66. The normalized spacial score (nSPS) is 12.8. The number of nitrogens with one attached hydrogen (secondary N) is 1. The summed E-state index contributed by atoms with van der Waals surface area (Å²) in [6.45, 7) is 2.43. The Labute approximate surface area is 145 Å². The van der Waals surface area contributed by atoms with E-state index in [9.17, 15) is 4.79 Å². The Morgan fingerprint density at radius 2 is 1.91 bits per heavy atom. The Kier molecular flexibility index (Phi) is 7.39. The minimum atomic E-state index is -0.0476. The van der Waals surface area contributed by atoms with Crippen molar-refractivity contribution in [2.75, 3.05) is 6.79 Å². The second kappa shape index (κ2) is 9.55. The molecule has 1 N–H and O–H groups in total. The van der Waals surface area contributed by atoms with E-state index in [2.05, 4.69) is 33.4 Å². The minimum Gasteiger partial charge on any atom is -0.454 e. The van der Waals surface area contributed by atoms with Gasteiger partial charge in [-0.3, -0.25) is 4.79 Å². The molecule has 0 atom stereocenters. The molecule has 0 bridgehead atoms. The van der Waals surface area contributed by atoms with Crippen molar-refractivity contribution in [3.8, 4) is 11.5 Å². The number of fused-ring (bicyclic) bond motifs is 1. The summed E-state index contributed by atoms with van der Waals surface area (Å²) in [7, 11) is 0. The summed E-state index contributed by atoms with van der Waals surface area (Å²) in [4.78, 5) is 11.7. The zero-order valence-electron chi connectivity index (χ0n) is 13.4. The van der Waals surface area contributed by atoms with E-state index in [4.69, 9.17) is 9.47 Å². The molecule has 1 aromatic carbocycles. The van der Waals surface area contributed by atoms with Crippen molar-refractivity contribution in [2.24, 2.45) is 5.10 Å². The van der Waals surface area contributed by atoms with Crippen LogP contribution in [0.3, 0.4) is 0 Å². The van der Waals surface area contributed by atoms with E-state index < -0.39 is 0 Å². The largest absolute Gasteiger partial charge is 0.454 e. The molecule has 1 aliphatic rings. The lowest BCUT2D eigenvalue weighted by atomic mass is 10.1. The molecule has 1 heterocycles. The van der Waals surface area contributed by atoms with Crippen molar-refractivity contribution in [2.45, 2.75) is 51.9 Å². The van der Waals surface area contributed by atoms with Crippen molar-refractivity contribution in [1.29, 1.82) is 0 Å². The van der Waals surface area contributed by atoms with Crippen LogP contribution >= 0.6 is 15.9 Å². The van der Waals surface area contributed by atoms with Gasteiger partial charge in [0.1, 0.15) is 0 Å². The highest BCUT2D eigenvalue weighted by Gasteiger charge is 2.15. The molecule has 1 amide bonds. The van der Waals surface area contributed by atoms with Gasteiger partial charge in [0.15, 0.2) is 11.5 Å². The van der Waals surface area contributed by atoms with Crippen LogP contribution in [-0.4, -0.2) is 18.9 Å². The third kappa shape index (κ3) is 5.86. The van der Waals surface area contributed by atoms with E-state index in [1.807, 2.05) is 12.1 Å². The number of carbonyl (C=O) groups excluding carboxylic acids is 1. The molecule has 0 aromatic heterocycles. The van der Waals surface area contributed by atoms with Crippen LogP contribution in [0.15, 0.2) is 21.7 Å². The molecule has 0 saturated heterocycles. The standard InChI is InChI=1S/C17H23BrN2O3/c1-2-3-4-5-6-7-8-17(21)20-19-11-13-9-15-16(10-14(13)18)23-12-22-15/h9-11H,2-8,12H2,1H3,(H,20,21)/b19-11+. The van der Waals surface area contributed by atoms with E-state index >= 15 is 0 Å². The van der Waals surface area contributed by atoms with Crippen LogP contribution in [0.25, 0.3) is 0 Å². The number of carbonyl (C=O) groups is 1. The maximum Gasteiger partial charge on any atom is 0.240 e. The van der Waals surface area contributed by atoms with E-state index in [0.717, 1.165) is 22.9 Å². The number of benzene rings is 1. The van der Waals surface area contributed by atoms with Crippen molar-refractivity contribution in [3.63, 3.8) is 0 Å². The molecule has 6 heteroatoms. The summed E-state index contributed by atoms with van der Waals surface area (Å²) < 4.78 is 11.5. The smallest absolute Gasteiger partial charge is 0.240 e. The quantitative estimate of drug-likeness (QED) is 0.391. The highest BCUT2D eigenvalue weighted by molar-refractivity contribution is 9.10. The van der Waals surface area contributed by atoms with E-state index in [0.29, 0.717) is 17.9 Å². The second-order valence-corrected chi connectivity index (χ2v) is 6.39. The summed E-state index contributed by atoms with van der Waals surface area (Å²) in [6.07, 6.45) is 9.12. The monoisotopic (exact) mass is 382 g/mol. The molecule has 126 valence electrons. The molecular formula is C17H23BrN2O3. The predicted molar refractivity (Wildman–Crippen MR) is 94.0 cm³/mol. The third-order valence-corrected chi connectivity index (χ3v) is 4.33. The number of rotatable bonds is 9. The van der Waals surface area contributed by atoms with Crippen LogP contribution < -0.4 is 14.9 Å². The number of unbranched alkanes of at least 4 members (excludes halogenated alkanes) is 5. The van der Waals surface area contributed by atoms with Crippen molar-refractivity contribution >= 4 is 28.1 Å². The van der Waals surface area contributed by atoms with Crippen LogP contribution in [0.1, 0.15) is 57.4 Å².